The summed E-state index contributed by atoms with van der Waals surface area (Å²) in [5.74, 6) is 0.481. The molecule has 2 N–H and O–H groups in total. The number of benzene rings is 2. The lowest BCUT2D eigenvalue weighted by Gasteiger charge is -2.15. The first-order valence-corrected chi connectivity index (χ1v) is 9.97. The zero-order valence-electron chi connectivity index (χ0n) is 18.9. The minimum Gasteiger partial charge on any atom is -0.356 e. The molecule has 0 unspecified atom stereocenters. The van der Waals surface area contributed by atoms with Gasteiger partial charge in [0.05, 0.1) is 0 Å². The number of guanidine groups is 1. The Morgan fingerprint density at radius 1 is 1.03 bits per heavy atom. The highest BCUT2D eigenvalue weighted by Crippen LogP contribution is 2.12. The second kappa shape index (κ2) is 13.3. The molecule has 31 heavy (non-hydrogen) atoms. The minimum atomic E-state index is -0.190. The molecule has 0 heterocycles. The van der Waals surface area contributed by atoms with Crippen LogP contribution in [0.4, 0.5) is 4.39 Å². The van der Waals surface area contributed by atoms with Gasteiger partial charge in [-0.15, -0.1) is 24.0 Å². The SMILES string of the molecule is CN=C(NCCc1cccc(C(=O)N(C)C)c1)NCc1ccc(F)c(CN(C)C)c1.I. The van der Waals surface area contributed by atoms with E-state index in [1.807, 2.05) is 49.3 Å². The Morgan fingerprint density at radius 3 is 2.42 bits per heavy atom. The summed E-state index contributed by atoms with van der Waals surface area (Å²) >= 11 is 0. The van der Waals surface area contributed by atoms with E-state index in [4.69, 9.17) is 0 Å². The van der Waals surface area contributed by atoms with Crippen molar-refractivity contribution in [1.29, 1.82) is 0 Å². The van der Waals surface area contributed by atoms with Gasteiger partial charge in [-0.1, -0.05) is 18.2 Å². The predicted octanol–water partition coefficient (Wildman–Crippen LogP) is 3.11. The monoisotopic (exact) mass is 541 g/mol. The summed E-state index contributed by atoms with van der Waals surface area (Å²) in [6.07, 6.45) is 0.763. The fourth-order valence-corrected chi connectivity index (χ4v) is 3.05. The van der Waals surface area contributed by atoms with Crippen LogP contribution in [0, 0.1) is 5.82 Å². The summed E-state index contributed by atoms with van der Waals surface area (Å²) in [7, 11) is 9.05. The Hall–Kier alpha value is -2.20. The average Bonchev–Trinajstić information content (AvgIpc) is 2.71. The molecule has 0 atom stereocenters. The van der Waals surface area contributed by atoms with E-state index in [-0.39, 0.29) is 35.7 Å². The zero-order chi connectivity index (χ0) is 22.1. The number of nitrogens with one attached hydrogen (secondary N) is 2. The van der Waals surface area contributed by atoms with Crippen LogP contribution in [0.1, 0.15) is 27.0 Å². The van der Waals surface area contributed by atoms with E-state index in [0.29, 0.717) is 36.7 Å². The summed E-state index contributed by atoms with van der Waals surface area (Å²) < 4.78 is 13.9. The Labute approximate surface area is 201 Å². The number of aliphatic imine (C=N–C) groups is 1. The summed E-state index contributed by atoms with van der Waals surface area (Å²) in [5.41, 5.74) is 3.43. The van der Waals surface area contributed by atoms with Gasteiger partial charge in [0, 0.05) is 51.9 Å². The summed E-state index contributed by atoms with van der Waals surface area (Å²) in [5, 5.41) is 6.54. The predicted molar refractivity (Wildman–Crippen MR) is 136 cm³/mol. The van der Waals surface area contributed by atoms with Crippen LogP contribution in [-0.2, 0) is 19.5 Å². The summed E-state index contributed by atoms with van der Waals surface area (Å²) in [6.45, 7) is 1.78. The highest BCUT2D eigenvalue weighted by molar-refractivity contribution is 14.0. The second-order valence-corrected chi connectivity index (χ2v) is 7.67. The normalized spacial score (nSPS) is 11.1. The second-order valence-electron chi connectivity index (χ2n) is 7.67. The van der Waals surface area contributed by atoms with Crippen LogP contribution >= 0.6 is 24.0 Å². The lowest BCUT2D eigenvalue weighted by molar-refractivity contribution is 0.0827. The van der Waals surface area contributed by atoms with E-state index in [2.05, 4.69) is 15.6 Å². The number of amides is 1. The lowest BCUT2D eigenvalue weighted by Crippen LogP contribution is -2.37. The van der Waals surface area contributed by atoms with E-state index < -0.39 is 0 Å². The minimum absolute atomic E-state index is 0. The Balaban J connectivity index is 0.00000480. The molecule has 0 spiro atoms. The number of rotatable bonds is 8. The molecule has 1 amide bonds. The molecule has 2 rings (SSSR count). The molecule has 8 heteroatoms. The van der Waals surface area contributed by atoms with E-state index >= 15 is 0 Å². The molecule has 0 saturated carbocycles. The molecule has 0 bridgehead atoms. The number of halogens is 2. The molecule has 0 aliphatic heterocycles. The Morgan fingerprint density at radius 2 is 1.77 bits per heavy atom. The van der Waals surface area contributed by atoms with Crippen molar-refractivity contribution in [3.8, 4) is 0 Å². The van der Waals surface area contributed by atoms with Crippen molar-refractivity contribution >= 4 is 35.8 Å². The maximum atomic E-state index is 13.9. The number of hydrogen-bond donors (Lipinski definition) is 2. The molecular formula is C23H33FIN5O. The van der Waals surface area contributed by atoms with Gasteiger partial charge < -0.3 is 20.4 Å². The van der Waals surface area contributed by atoms with Crippen molar-refractivity contribution in [1.82, 2.24) is 20.4 Å². The van der Waals surface area contributed by atoms with Crippen LogP contribution in [0.2, 0.25) is 0 Å². The van der Waals surface area contributed by atoms with E-state index in [0.717, 1.165) is 17.5 Å². The molecule has 0 saturated heterocycles. The summed E-state index contributed by atoms with van der Waals surface area (Å²) in [4.78, 5) is 19.9. The van der Waals surface area contributed by atoms with Gasteiger partial charge in [0.1, 0.15) is 5.82 Å². The average molecular weight is 541 g/mol. The molecule has 0 fully saturated rings. The van der Waals surface area contributed by atoms with E-state index in [1.165, 1.54) is 6.07 Å². The summed E-state index contributed by atoms with van der Waals surface area (Å²) in [6, 6.07) is 12.8. The highest BCUT2D eigenvalue weighted by atomic mass is 127. The van der Waals surface area contributed by atoms with Crippen LogP contribution in [0.15, 0.2) is 47.5 Å². The van der Waals surface area contributed by atoms with Crippen LogP contribution in [0.25, 0.3) is 0 Å². The van der Waals surface area contributed by atoms with Crippen LogP contribution in [-0.4, -0.2) is 63.4 Å². The fourth-order valence-electron chi connectivity index (χ4n) is 3.05. The largest absolute Gasteiger partial charge is 0.356 e. The third-order valence-corrected chi connectivity index (χ3v) is 4.57. The van der Waals surface area contributed by atoms with Crippen molar-refractivity contribution in [2.24, 2.45) is 4.99 Å². The molecular weight excluding hydrogens is 508 g/mol. The lowest BCUT2D eigenvalue weighted by atomic mass is 10.1. The molecule has 2 aromatic rings. The molecule has 0 aliphatic carbocycles. The molecule has 0 aromatic heterocycles. The van der Waals surface area contributed by atoms with Gasteiger partial charge in [0.25, 0.3) is 5.91 Å². The van der Waals surface area contributed by atoms with Crippen molar-refractivity contribution in [3.05, 3.63) is 70.5 Å². The van der Waals surface area contributed by atoms with Gasteiger partial charge in [0.15, 0.2) is 5.96 Å². The van der Waals surface area contributed by atoms with Crippen LogP contribution < -0.4 is 10.6 Å². The molecule has 170 valence electrons. The van der Waals surface area contributed by atoms with Gasteiger partial charge in [-0.2, -0.15) is 0 Å². The Bertz CT molecular complexity index is 886. The highest BCUT2D eigenvalue weighted by Gasteiger charge is 2.09. The van der Waals surface area contributed by atoms with Gasteiger partial charge in [0.2, 0.25) is 0 Å². The van der Waals surface area contributed by atoms with Gasteiger partial charge in [-0.25, -0.2) is 4.39 Å². The fraction of sp³-hybridized carbons (Fsp3) is 0.391. The number of carbonyl (C=O) groups is 1. The maximum Gasteiger partial charge on any atom is 0.253 e. The third kappa shape index (κ3) is 8.82. The maximum absolute atomic E-state index is 13.9. The third-order valence-electron chi connectivity index (χ3n) is 4.57. The van der Waals surface area contributed by atoms with Gasteiger partial charge in [-0.3, -0.25) is 9.79 Å². The van der Waals surface area contributed by atoms with Gasteiger partial charge in [-0.05, 0) is 55.9 Å². The van der Waals surface area contributed by atoms with Crippen molar-refractivity contribution in [2.45, 2.75) is 19.5 Å². The number of nitrogens with zero attached hydrogens (tertiary/aromatic N) is 3. The van der Waals surface area contributed by atoms with Crippen LogP contribution in [0.3, 0.4) is 0 Å². The smallest absolute Gasteiger partial charge is 0.253 e. The standard InChI is InChI=1S/C23H32FN5O.HI/c1-25-23(27-15-18-9-10-21(24)20(14-18)16-28(2)3)26-12-11-17-7-6-8-19(13-17)22(30)29(4)5;/h6-10,13-14H,11-12,15-16H2,1-5H3,(H2,25,26,27);1H. The molecule has 0 radical (unpaired) electrons. The first-order chi connectivity index (χ1) is 14.3. The molecule has 6 nitrogen and oxygen atoms in total. The molecule has 0 aliphatic rings. The first kappa shape index (κ1) is 26.8. The molecule has 2 aromatic carbocycles. The first-order valence-electron chi connectivity index (χ1n) is 9.97. The number of carbonyl (C=O) groups excluding carboxylic acids is 1. The van der Waals surface area contributed by atoms with E-state index in [1.54, 1.807) is 32.1 Å². The van der Waals surface area contributed by atoms with Crippen molar-refractivity contribution in [2.75, 3.05) is 41.8 Å². The van der Waals surface area contributed by atoms with Gasteiger partial charge >= 0.3 is 0 Å². The Kier molecular flexibility index (Phi) is 11.5. The quantitative estimate of drug-likeness (QED) is 0.307. The van der Waals surface area contributed by atoms with E-state index in [9.17, 15) is 9.18 Å². The van der Waals surface area contributed by atoms with Crippen molar-refractivity contribution in [3.63, 3.8) is 0 Å². The number of hydrogen-bond acceptors (Lipinski definition) is 3. The van der Waals surface area contributed by atoms with Crippen molar-refractivity contribution < 1.29 is 9.18 Å². The topological polar surface area (TPSA) is 60.0 Å². The van der Waals surface area contributed by atoms with Crippen LogP contribution in [0.5, 0.6) is 0 Å². The zero-order valence-corrected chi connectivity index (χ0v) is 21.2.